The molecule has 5 nitrogen and oxygen atoms in total. The molecular formula is C24H23FN2O3. The molecule has 0 fully saturated rings. The Kier molecular flexibility index (Phi) is 5.87. The van der Waals surface area contributed by atoms with Gasteiger partial charge in [0.1, 0.15) is 11.4 Å². The van der Waals surface area contributed by atoms with Crippen LogP contribution in [0.15, 0.2) is 66.7 Å². The van der Waals surface area contributed by atoms with E-state index in [0.29, 0.717) is 22.5 Å². The maximum Gasteiger partial charge on any atom is 0.340 e. The molecule has 0 aliphatic rings. The van der Waals surface area contributed by atoms with E-state index in [-0.39, 0.29) is 5.82 Å². The van der Waals surface area contributed by atoms with Crippen LogP contribution < -0.4 is 11.1 Å². The zero-order valence-electron chi connectivity index (χ0n) is 17.0. The molecule has 30 heavy (non-hydrogen) atoms. The number of nitrogens with one attached hydrogen (secondary N) is 1. The average molecular weight is 406 g/mol. The van der Waals surface area contributed by atoms with Gasteiger partial charge in [-0.3, -0.25) is 4.79 Å². The molecule has 3 N–H and O–H groups in total. The van der Waals surface area contributed by atoms with Gasteiger partial charge in [0.05, 0.1) is 11.3 Å². The highest BCUT2D eigenvalue weighted by Gasteiger charge is 2.21. The summed E-state index contributed by atoms with van der Waals surface area (Å²) in [5, 5.41) is 3.15. The molecule has 0 unspecified atom stereocenters. The van der Waals surface area contributed by atoms with E-state index < -0.39 is 17.5 Å². The molecule has 3 rings (SSSR count). The zero-order chi connectivity index (χ0) is 21.9. The second kappa shape index (κ2) is 8.37. The van der Waals surface area contributed by atoms with Crippen molar-refractivity contribution < 1.29 is 18.7 Å². The molecule has 1 amide bonds. The summed E-state index contributed by atoms with van der Waals surface area (Å²) >= 11 is 0. The Labute approximate surface area is 174 Å². The number of nitrogens with two attached hydrogens (primary N) is 1. The Balaban J connectivity index is 2.05. The molecule has 3 aromatic carbocycles. The number of primary amides is 1. The molecule has 0 bridgehead atoms. The van der Waals surface area contributed by atoms with E-state index in [1.165, 1.54) is 12.1 Å². The highest BCUT2D eigenvalue weighted by molar-refractivity contribution is 5.98. The molecule has 0 saturated heterocycles. The van der Waals surface area contributed by atoms with E-state index in [0.717, 1.165) is 11.1 Å². The van der Waals surface area contributed by atoms with Crippen LogP contribution in [0.25, 0.3) is 11.1 Å². The van der Waals surface area contributed by atoms with Crippen LogP contribution in [-0.4, -0.2) is 17.5 Å². The lowest BCUT2D eigenvalue weighted by atomic mass is 10.00. The van der Waals surface area contributed by atoms with E-state index in [4.69, 9.17) is 10.5 Å². The lowest BCUT2D eigenvalue weighted by Crippen LogP contribution is -2.24. The molecule has 0 aromatic heterocycles. The van der Waals surface area contributed by atoms with Gasteiger partial charge in [-0.25, -0.2) is 9.18 Å². The second-order valence-electron chi connectivity index (χ2n) is 7.84. The number of hydrogen-bond acceptors (Lipinski definition) is 4. The van der Waals surface area contributed by atoms with Gasteiger partial charge < -0.3 is 15.8 Å². The second-order valence-corrected chi connectivity index (χ2v) is 7.84. The van der Waals surface area contributed by atoms with E-state index in [9.17, 15) is 14.0 Å². The van der Waals surface area contributed by atoms with Crippen LogP contribution in [-0.2, 0) is 4.74 Å². The third-order valence-corrected chi connectivity index (χ3v) is 4.24. The Morgan fingerprint density at radius 2 is 1.60 bits per heavy atom. The van der Waals surface area contributed by atoms with E-state index >= 15 is 0 Å². The number of halogens is 1. The molecule has 0 atom stereocenters. The number of esters is 1. The molecule has 0 aliphatic heterocycles. The summed E-state index contributed by atoms with van der Waals surface area (Å²) in [4.78, 5) is 24.2. The molecule has 154 valence electrons. The number of carbonyl (C=O) groups is 2. The summed E-state index contributed by atoms with van der Waals surface area (Å²) in [7, 11) is 0. The minimum atomic E-state index is -0.654. The maximum absolute atomic E-state index is 13.3. The maximum atomic E-state index is 13.3. The summed E-state index contributed by atoms with van der Waals surface area (Å²) in [6.45, 7) is 5.38. The Morgan fingerprint density at radius 1 is 0.933 bits per heavy atom. The zero-order valence-corrected chi connectivity index (χ0v) is 17.0. The summed E-state index contributed by atoms with van der Waals surface area (Å²) in [6, 6.07) is 17.9. The first-order chi connectivity index (χ1) is 14.1. The lowest BCUT2D eigenvalue weighted by Gasteiger charge is -2.21. The van der Waals surface area contributed by atoms with E-state index in [1.54, 1.807) is 69.3 Å². The molecule has 0 radical (unpaired) electrons. The van der Waals surface area contributed by atoms with Crippen molar-refractivity contribution >= 4 is 23.3 Å². The highest BCUT2D eigenvalue weighted by Crippen LogP contribution is 2.30. The number of rotatable bonds is 5. The van der Waals surface area contributed by atoms with Gasteiger partial charge in [-0.1, -0.05) is 18.2 Å². The Hall–Kier alpha value is -3.67. The first-order valence-corrected chi connectivity index (χ1v) is 9.42. The van der Waals surface area contributed by atoms with Gasteiger partial charge in [0, 0.05) is 11.3 Å². The SMILES string of the molecule is CC(C)(C)OC(=O)c1ccc(-c2cccc(C(N)=O)c2)cc1Nc1ccc(F)cc1. The van der Waals surface area contributed by atoms with Crippen LogP contribution >= 0.6 is 0 Å². The average Bonchev–Trinajstić information content (AvgIpc) is 2.68. The van der Waals surface area contributed by atoms with Crippen molar-refractivity contribution in [2.45, 2.75) is 26.4 Å². The molecular weight excluding hydrogens is 383 g/mol. The lowest BCUT2D eigenvalue weighted by molar-refractivity contribution is 0.00706. The van der Waals surface area contributed by atoms with Crippen LogP contribution in [0, 0.1) is 5.82 Å². The largest absolute Gasteiger partial charge is 0.456 e. The van der Waals surface area contributed by atoms with Crippen LogP contribution in [0.1, 0.15) is 41.5 Å². The van der Waals surface area contributed by atoms with Gasteiger partial charge in [0.15, 0.2) is 0 Å². The number of amides is 1. The van der Waals surface area contributed by atoms with E-state index in [2.05, 4.69) is 5.32 Å². The van der Waals surface area contributed by atoms with Crippen LogP contribution in [0.5, 0.6) is 0 Å². The first kappa shape index (κ1) is 21.0. The van der Waals surface area contributed by atoms with Crippen molar-refractivity contribution in [3.05, 3.63) is 83.7 Å². The normalized spacial score (nSPS) is 11.1. The predicted molar refractivity (Wildman–Crippen MR) is 115 cm³/mol. The van der Waals surface area contributed by atoms with Crippen LogP contribution in [0.2, 0.25) is 0 Å². The fraction of sp³-hybridized carbons (Fsp3) is 0.167. The molecule has 3 aromatic rings. The Bertz CT molecular complexity index is 1090. The van der Waals surface area contributed by atoms with Crippen molar-refractivity contribution in [3.8, 4) is 11.1 Å². The van der Waals surface area contributed by atoms with Crippen molar-refractivity contribution in [1.82, 2.24) is 0 Å². The molecule has 0 heterocycles. The number of benzene rings is 3. The fourth-order valence-electron chi connectivity index (χ4n) is 2.88. The van der Waals surface area contributed by atoms with Crippen molar-refractivity contribution in [2.24, 2.45) is 5.73 Å². The van der Waals surface area contributed by atoms with Crippen LogP contribution in [0.4, 0.5) is 15.8 Å². The topological polar surface area (TPSA) is 81.4 Å². The van der Waals surface area contributed by atoms with Gasteiger partial charge in [0.25, 0.3) is 0 Å². The summed E-state index contributed by atoms with van der Waals surface area (Å²) in [6.07, 6.45) is 0. The third kappa shape index (κ3) is 5.23. The highest BCUT2D eigenvalue weighted by atomic mass is 19.1. The molecule has 0 saturated carbocycles. The van der Waals surface area contributed by atoms with Crippen molar-refractivity contribution in [1.29, 1.82) is 0 Å². The Morgan fingerprint density at radius 3 is 2.23 bits per heavy atom. The van der Waals surface area contributed by atoms with Crippen molar-refractivity contribution in [2.75, 3.05) is 5.32 Å². The van der Waals surface area contributed by atoms with E-state index in [1.807, 2.05) is 6.07 Å². The third-order valence-electron chi connectivity index (χ3n) is 4.24. The number of anilines is 2. The number of hydrogen-bond donors (Lipinski definition) is 2. The standard InChI is InChI=1S/C24H23FN2O3/c1-24(2,3)30-23(29)20-12-7-16(15-5-4-6-17(13-15)22(26)28)14-21(20)27-19-10-8-18(25)9-11-19/h4-14,27H,1-3H3,(H2,26,28). The minimum Gasteiger partial charge on any atom is -0.456 e. The van der Waals surface area contributed by atoms with Gasteiger partial charge >= 0.3 is 5.97 Å². The van der Waals surface area contributed by atoms with Gasteiger partial charge in [-0.15, -0.1) is 0 Å². The summed E-state index contributed by atoms with van der Waals surface area (Å²) < 4.78 is 18.8. The monoisotopic (exact) mass is 406 g/mol. The molecule has 0 spiro atoms. The van der Waals surface area contributed by atoms with Gasteiger partial charge in [-0.05, 0) is 80.4 Å². The van der Waals surface area contributed by atoms with Crippen molar-refractivity contribution in [3.63, 3.8) is 0 Å². The molecule has 0 aliphatic carbocycles. The summed E-state index contributed by atoms with van der Waals surface area (Å²) in [5.74, 6) is -1.36. The minimum absolute atomic E-state index is 0.337. The van der Waals surface area contributed by atoms with Gasteiger partial charge in [0.2, 0.25) is 5.91 Å². The summed E-state index contributed by atoms with van der Waals surface area (Å²) in [5.41, 5.74) is 8.11. The predicted octanol–water partition coefficient (Wildman–Crippen LogP) is 5.29. The van der Waals surface area contributed by atoms with Gasteiger partial charge in [-0.2, -0.15) is 0 Å². The first-order valence-electron chi connectivity index (χ1n) is 9.42. The fourth-order valence-corrected chi connectivity index (χ4v) is 2.88. The van der Waals surface area contributed by atoms with Crippen LogP contribution in [0.3, 0.4) is 0 Å². The number of carbonyl (C=O) groups excluding carboxylic acids is 2. The quantitative estimate of drug-likeness (QED) is 0.564. The molecule has 6 heteroatoms. The number of ether oxygens (including phenoxy) is 1. The smallest absolute Gasteiger partial charge is 0.340 e.